The van der Waals surface area contributed by atoms with Gasteiger partial charge in [-0.3, -0.25) is 0 Å². The van der Waals surface area contributed by atoms with E-state index in [4.69, 9.17) is 25.9 Å². The summed E-state index contributed by atoms with van der Waals surface area (Å²) in [5, 5.41) is 10.2. The second-order valence-electron chi connectivity index (χ2n) is 8.82. The summed E-state index contributed by atoms with van der Waals surface area (Å²) in [6.07, 6.45) is 7.52. The van der Waals surface area contributed by atoms with Crippen LogP contribution in [-0.4, -0.2) is 18.2 Å². The molecule has 0 unspecified atom stereocenters. The predicted octanol–water partition coefficient (Wildman–Crippen LogP) is 8.09. The van der Waals surface area contributed by atoms with Crippen molar-refractivity contribution in [3.8, 4) is 5.75 Å². The largest absolute Gasteiger partial charge is 0.493 e. The van der Waals surface area contributed by atoms with Gasteiger partial charge < -0.3 is 14.3 Å². The van der Waals surface area contributed by atoms with Gasteiger partial charge in [-0.15, -0.1) is 0 Å². The van der Waals surface area contributed by atoms with E-state index < -0.39 is 5.97 Å². The van der Waals surface area contributed by atoms with E-state index in [0.29, 0.717) is 16.4 Å². The highest BCUT2D eigenvalue weighted by Gasteiger charge is 2.30. The summed E-state index contributed by atoms with van der Waals surface area (Å²) in [5.74, 6) is -0.495. The third-order valence-electron chi connectivity index (χ3n) is 6.67. The molecule has 3 aromatic carbocycles. The number of furan rings is 1. The number of carbonyl (C=O) groups is 1. The first-order valence-electron chi connectivity index (χ1n) is 11.7. The molecule has 5 rings (SSSR count). The number of carboxylic acids is 1. The maximum Gasteiger partial charge on any atom is 0.328 e. The third kappa shape index (κ3) is 4.54. The Bertz CT molecular complexity index is 1490. The van der Waals surface area contributed by atoms with E-state index in [1.54, 1.807) is 25.5 Å². The lowest BCUT2D eigenvalue weighted by molar-refractivity contribution is -0.131. The number of allylic oxidation sites excluding steroid dienone is 1. The molecule has 182 valence electrons. The summed E-state index contributed by atoms with van der Waals surface area (Å²) in [4.78, 5) is 10.9. The Labute approximate surface area is 213 Å². The number of para-hydroxylation sites is 1. The minimum Gasteiger partial charge on any atom is -0.493 e. The molecule has 1 saturated carbocycles. The van der Waals surface area contributed by atoms with Gasteiger partial charge in [0, 0.05) is 17.0 Å². The minimum absolute atomic E-state index is 0.255. The molecule has 1 N–H and O–H groups in total. The van der Waals surface area contributed by atoms with E-state index in [9.17, 15) is 9.18 Å². The average molecular weight is 503 g/mol. The van der Waals surface area contributed by atoms with Gasteiger partial charge in [0.05, 0.1) is 18.4 Å². The minimum atomic E-state index is -1.00. The van der Waals surface area contributed by atoms with E-state index in [0.717, 1.165) is 64.1 Å². The van der Waals surface area contributed by atoms with E-state index in [1.807, 2.05) is 42.5 Å². The SMILES string of the molecule is COc1cccc2c(/C(=C(\c3ccc(F)cc3Cl)C3CCC3)c3ccc(C=CC(=O)O)cc3)coc12. The van der Waals surface area contributed by atoms with Gasteiger partial charge in [0.2, 0.25) is 0 Å². The molecule has 4 aromatic rings. The zero-order chi connectivity index (χ0) is 25.2. The first-order chi connectivity index (χ1) is 17.5. The Hall–Kier alpha value is -3.83. The molecule has 1 fully saturated rings. The van der Waals surface area contributed by atoms with E-state index >= 15 is 0 Å². The monoisotopic (exact) mass is 502 g/mol. The molecule has 0 spiro atoms. The van der Waals surface area contributed by atoms with Crippen LogP contribution in [0.2, 0.25) is 5.02 Å². The highest BCUT2D eigenvalue weighted by molar-refractivity contribution is 6.33. The lowest BCUT2D eigenvalue weighted by Crippen LogP contribution is -2.15. The summed E-state index contributed by atoms with van der Waals surface area (Å²) in [6.45, 7) is 0. The van der Waals surface area contributed by atoms with E-state index in [1.165, 1.54) is 12.1 Å². The zero-order valence-corrected chi connectivity index (χ0v) is 20.4. The lowest BCUT2D eigenvalue weighted by Gasteiger charge is -2.32. The van der Waals surface area contributed by atoms with E-state index in [-0.39, 0.29) is 11.7 Å². The van der Waals surface area contributed by atoms with Crippen molar-refractivity contribution >= 4 is 45.8 Å². The normalized spacial score (nSPS) is 14.6. The second kappa shape index (κ2) is 10.0. The number of ether oxygens (including phenoxy) is 1. The molecule has 1 aliphatic rings. The first kappa shape index (κ1) is 23.9. The molecule has 1 aromatic heterocycles. The maximum absolute atomic E-state index is 14.0. The van der Waals surface area contributed by atoms with Crippen LogP contribution in [0.25, 0.3) is 28.2 Å². The fraction of sp³-hybridized carbons (Fsp3) is 0.167. The van der Waals surface area contributed by atoms with Crippen molar-refractivity contribution in [3.05, 3.63) is 106 Å². The molecule has 6 heteroatoms. The van der Waals surface area contributed by atoms with Crippen molar-refractivity contribution in [1.82, 2.24) is 0 Å². The van der Waals surface area contributed by atoms with Crippen LogP contribution in [0.15, 0.2) is 77.4 Å². The summed E-state index contributed by atoms with van der Waals surface area (Å²) < 4.78 is 25.5. The third-order valence-corrected chi connectivity index (χ3v) is 6.99. The Balaban J connectivity index is 1.79. The summed E-state index contributed by atoms with van der Waals surface area (Å²) in [6, 6.07) is 18.0. The van der Waals surface area contributed by atoms with Crippen LogP contribution >= 0.6 is 11.6 Å². The van der Waals surface area contributed by atoms with Crippen LogP contribution < -0.4 is 4.74 Å². The summed E-state index contributed by atoms with van der Waals surface area (Å²) >= 11 is 6.62. The van der Waals surface area contributed by atoms with Gasteiger partial charge in [-0.2, -0.15) is 0 Å². The molecule has 0 saturated heterocycles. The molecule has 0 aliphatic heterocycles. The number of rotatable bonds is 7. The van der Waals surface area contributed by atoms with Gasteiger partial charge in [0.25, 0.3) is 0 Å². The average Bonchev–Trinajstić information content (AvgIpc) is 3.26. The molecule has 36 heavy (non-hydrogen) atoms. The summed E-state index contributed by atoms with van der Waals surface area (Å²) in [7, 11) is 1.61. The number of halogens is 2. The second-order valence-corrected chi connectivity index (χ2v) is 9.23. The van der Waals surface area contributed by atoms with Crippen LogP contribution in [0.1, 0.15) is 41.5 Å². The fourth-order valence-corrected chi connectivity index (χ4v) is 5.00. The van der Waals surface area contributed by atoms with E-state index in [2.05, 4.69) is 0 Å². The topological polar surface area (TPSA) is 59.7 Å². The van der Waals surface area contributed by atoms with Crippen molar-refractivity contribution in [2.75, 3.05) is 7.11 Å². The Kier molecular flexibility index (Phi) is 6.66. The molecular formula is C30H24ClFO4. The number of hydrogen-bond donors (Lipinski definition) is 1. The van der Waals surface area contributed by atoms with Gasteiger partial charge in [-0.05, 0) is 70.9 Å². The van der Waals surface area contributed by atoms with Crippen molar-refractivity contribution in [2.24, 2.45) is 5.92 Å². The van der Waals surface area contributed by atoms with Gasteiger partial charge in [0.15, 0.2) is 11.3 Å². The fourth-order valence-electron chi connectivity index (χ4n) is 4.73. The lowest BCUT2D eigenvalue weighted by atomic mass is 9.73. The van der Waals surface area contributed by atoms with Crippen molar-refractivity contribution in [3.63, 3.8) is 0 Å². The highest BCUT2D eigenvalue weighted by atomic mass is 35.5. The molecule has 1 aliphatic carbocycles. The highest BCUT2D eigenvalue weighted by Crippen LogP contribution is 2.48. The zero-order valence-electron chi connectivity index (χ0n) is 19.6. The van der Waals surface area contributed by atoms with Crippen molar-refractivity contribution < 1.29 is 23.4 Å². The molecule has 4 nitrogen and oxygen atoms in total. The number of carboxylic acid groups (broad SMARTS) is 1. The standard InChI is InChI=1S/C30H24ClFO4/c1-35-26-7-3-6-22-24(17-36-30(22)26)29(20-11-8-18(9-12-20)10-15-27(33)34)28(19-4-2-5-19)23-14-13-21(32)16-25(23)31/h3,6-17,19H,2,4-5H2,1H3,(H,33,34)/b15-10?,29-28-. The van der Waals surface area contributed by atoms with Gasteiger partial charge >= 0.3 is 5.97 Å². The molecule has 0 atom stereocenters. The number of benzene rings is 3. The van der Waals surface area contributed by atoms with Crippen LogP contribution in [0.4, 0.5) is 4.39 Å². The Morgan fingerprint density at radius 1 is 1.11 bits per heavy atom. The van der Waals surface area contributed by atoms with Crippen LogP contribution in [-0.2, 0) is 4.79 Å². The molecule has 0 amide bonds. The number of hydrogen-bond acceptors (Lipinski definition) is 3. The molecule has 0 bridgehead atoms. The quantitative estimate of drug-likeness (QED) is 0.205. The molecule has 0 radical (unpaired) electrons. The van der Waals surface area contributed by atoms with Crippen LogP contribution in [0, 0.1) is 11.7 Å². The smallest absolute Gasteiger partial charge is 0.328 e. The summed E-state index contributed by atoms with van der Waals surface area (Å²) in [5.41, 5.74) is 6.02. The van der Waals surface area contributed by atoms with Crippen LogP contribution in [0.3, 0.4) is 0 Å². The number of fused-ring (bicyclic) bond motifs is 1. The van der Waals surface area contributed by atoms with Gasteiger partial charge in [-0.1, -0.05) is 60.5 Å². The molecule has 1 heterocycles. The number of aliphatic carboxylic acids is 1. The van der Waals surface area contributed by atoms with Gasteiger partial charge in [-0.25, -0.2) is 9.18 Å². The predicted molar refractivity (Wildman–Crippen MR) is 141 cm³/mol. The van der Waals surface area contributed by atoms with Crippen LogP contribution in [0.5, 0.6) is 5.75 Å². The van der Waals surface area contributed by atoms with Crippen molar-refractivity contribution in [1.29, 1.82) is 0 Å². The first-order valence-corrected chi connectivity index (χ1v) is 12.1. The maximum atomic E-state index is 14.0. The Morgan fingerprint density at radius 2 is 1.89 bits per heavy atom. The Morgan fingerprint density at radius 3 is 2.53 bits per heavy atom. The van der Waals surface area contributed by atoms with Crippen molar-refractivity contribution in [2.45, 2.75) is 19.3 Å². The van der Waals surface area contributed by atoms with Gasteiger partial charge in [0.1, 0.15) is 5.82 Å². The molecular weight excluding hydrogens is 479 g/mol. The number of methoxy groups -OCH3 is 1.